The van der Waals surface area contributed by atoms with Gasteiger partial charge in [0.25, 0.3) is 0 Å². The van der Waals surface area contributed by atoms with E-state index >= 15 is 0 Å². The average molecular weight is 383 g/mol. The minimum Gasteiger partial charge on any atom is -0.221 e. The molecule has 0 aliphatic carbocycles. The fraction of sp³-hybridized carbons (Fsp3) is 0.100. The lowest BCUT2D eigenvalue weighted by atomic mass is 10.1. The Morgan fingerprint density at radius 1 is 0.615 bits per heavy atom. The van der Waals surface area contributed by atoms with Gasteiger partial charge in [-0.3, -0.25) is 0 Å². The highest BCUT2D eigenvalue weighted by Crippen LogP contribution is 2.39. The third kappa shape index (κ3) is 2.71. The molecular formula is C20H16Cl2N4. The van der Waals surface area contributed by atoms with Crippen LogP contribution in [0.2, 0.25) is 10.3 Å². The normalized spacial score (nSPS) is 11.1. The number of para-hydroxylation sites is 2. The monoisotopic (exact) mass is 382 g/mol. The summed E-state index contributed by atoms with van der Waals surface area (Å²) in [5.41, 5.74) is 5.01. The summed E-state index contributed by atoms with van der Waals surface area (Å²) >= 11 is 13.4. The van der Waals surface area contributed by atoms with E-state index in [9.17, 15) is 0 Å². The SMILES string of the molecule is Cc1nn(-c2ccccc2)c(Cl)c1-c1c(C)nn(-c2ccccc2)c1Cl. The lowest BCUT2D eigenvalue weighted by Gasteiger charge is -2.05. The zero-order valence-electron chi connectivity index (χ0n) is 14.3. The molecule has 26 heavy (non-hydrogen) atoms. The molecule has 4 nitrogen and oxygen atoms in total. The molecule has 0 radical (unpaired) electrons. The van der Waals surface area contributed by atoms with Crippen molar-refractivity contribution in [2.24, 2.45) is 0 Å². The Balaban J connectivity index is 1.90. The number of hydrogen-bond acceptors (Lipinski definition) is 2. The number of aryl methyl sites for hydroxylation is 2. The Morgan fingerprint density at radius 2 is 0.962 bits per heavy atom. The van der Waals surface area contributed by atoms with Crippen molar-refractivity contribution in [3.63, 3.8) is 0 Å². The fourth-order valence-electron chi connectivity index (χ4n) is 3.05. The minimum absolute atomic E-state index is 0.520. The summed E-state index contributed by atoms with van der Waals surface area (Å²) in [5.74, 6) is 0. The lowest BCUT2D eigenvalue weighted by Crippen LogP contribution is -1.96. The third-order valence-corrected chi connectivity index (χ3v) is 4.96. The Kier molecular flexibility index (Phi) is 4.31. The zero-order valence-corrected chi connectivity index (χ0v) is 15.8. The first kappa shape index (κ1) is 16.9. The summed E-state index contributed by atoms with van der Waals surface area (Å²) < 4.78 is 3.45. The summed E-state index contributed by atoms with van der Waals surface area (Å²) in [5, 5.41) is 10.3. The molecule has 0 fully saturated rings. The Labute approximate surface area is 161 Å². The van der Waals surface area contributed by atoms with Gasteiger partial charge in [0.15, 0.2) is 0 Å². The second-order valence-corrected chi connectivity index (χ2v) is 6.71. The number of hydrogen-bond donors (Lipinski definition) is 0. The standard InChI is InChI=1S/C20H16Cl2N4/c1-13-17(19(21)25(23-13)15-9-5-3-6-10-15)18-14(2)24-26(20(18)22)16-11-7-4-8-12-16/h3-12H,1-2H3. The number of halogens is 2. The molecule has 0 bridgehead atoms. The first-order chi connectivity index (χ1) is 12.6. The molecule has 2 heterocycles. The van der Waals surface area contributed by atoms with E-state index in [0.29, 0.717) is 10.3 Å². The van der Waals surface area contributed by atoms with Crippen molar-refractivity contribution in [3.8, 4) is 22.5 Å². The second kappa shape index (κ2) is 6.63. The quantitative estimate of drug-likeness (QED) is 0.458. The van der Waals surface area contributed by atoms with Crippen LogP contribution in [0.25, 0.3) is 22.5 Å². The largest absolute Gasteiger partial charge is 0.221 e. The first-order valence-corrected chi connectivity index (χ1v) is 8.95. The molecule has 130 valence electrons. The molecule has 0 aliphatic heterocycles. The zero-order chi connectivity index (χ0) is 18.3. The average Bonchev–Trinajstić information content (AvgIpc) is 3.12. The predicted molar refractivity (Wildman–Crippen MR) is 106 cm³/mol. The van der Waals surface area contributed by atoms with Gasteiger partial charge in [-0.2, -0.15) is 10.2 Å². The van der Waals surface area contributed by atoms with Crippen LogP contribution in [0, 0.1) is 13.8 Å². The van der Waals surface area contributed by atoms with Crippen LogP contribution in [0.5, 0.6) is 0 Å². The van der Waals surface area contributed by atoms with Gasteiger partial charge in [0, 0.05) is 11.1 Å². The van der Waals surface area contributed by atoms with Crippen molar-refractivity contribution < 1.29 is 0 Å². The van der Waals surface area contributed by atoms with Crippen molar-refractivity contribution in [1.29, 1.82) is 0 Å². The van der Waals surface area contributed by atoms with Crippen molar-refractivity contribution in [2.45, 2.75) is 13.8 Å². The number of nitrogens with zero attached hydrogens (tertiary/aromatic N) is 4. The van der Waals surface area contributed by atoms with Gasteiger partial charge >= 0.3 is 0 Å². The lowest BCUT2D eigenvalue weighted by molar-refractivity contribution is 0.863. The molecule has 2 aromatic heterocycles. The molecule has 6 heteroatoms. The summed E-state index contributed by atoms with van der Waals surface area (Å²) in [4.78, 5) is 0. The van der Waals surface area contributed by atoms with Crippen LogP contribution in [-0.4, -0.2) is 19.6 Å². The Hall–Kier alpha value is -2.56. The Bertz CT molecular complexity index is 979. The molecule has 0 saturated heterocycles. The molecule has 0 aliphatic rings. The molecule has 0 saturated carbocycles. The summed E-state index contributed by atoms with van der Waals surface area (Å²) in [6.45, 7) is 3.85. The van der Waals surface area contributed by atoms with E-state index in [1.165, 1.54) is 0 Å². The van der Waals surface area contributed by atoms with E-state index in [4.69, 9.17) is 23.2 Å². The van der Waals surface area contributed by atoms with Crippen LogP contribution in [0.4, 0.5) is 0 Å². The van der Waals surface area contributed by atoms with Gasteiger partial charge in [0.05, 0.1) is 22.8 Å². The predicted octanol–water partition coefficient (Wildman–Crippen LogP) is 5.65. The highest BCUT2D eigenvalue weighted by atomic mass is 35.5. The molecule has 0 N–H and O–H groups in total. The molecule has 0 amide bonds. The van der Waals surface area contributed by atoms with Gasteiger partial charge in [-0.15, -0.1) is 0 Å². The number of benzene rings is 2. The highest BCUT2D eigenvalue weighted by Gasteiger charge is 2.24. The van der Waals surface area contributed by atoms with Gasteiger partial charge < -0.3 is 0 Å². The summed E-state index contributed by atoms with van der Waals surface area (Å²) in [6.07, 6.45) is 0. The topological polar surface area (TPSA) is 35.6 Å². The molecular weight excluding hydrogens is 367 g/mol. The maximum absolute atomic E-state index is 6.70. The van der Waals surface area contributed by atoms with Crippen LogP contribution in [0.1, 0.15) is 11.4 Å². The van der Waals surface area contributed by atoms with Gasteiger partial charge in [-0.25, -0.2) is 9.36 Å². The van der Waals surface area contributed by atoms with Crippen LogP contribution in [0.15, 0.2) is 60.7 Å². The minimum atomic E-state index is 0.520. The van der Waals surface area contributed by atoms with Crippen LogP contribution >= 0.6 is 23.2 Å². The van der Waals surface area contributed by atoms with Gasteiger partial charge in [0.2, 0.25) is 0 Å². The number of aromatic nitrogens is 4. The first-order valence-electron chi connectivity index (χ1n) is 8.19. The van der Waals surface area contributed by atoms with E-state index in [0.717, 1.165) is 33.9 Å². The third-order valence-electron chi connectivity index (χ3n) is 4.26. The molecule has 4 aromatic rings. The van der Waals surface area contributed by atoms with E-state index < -0.39 is 0 Å². The molecule has 0 unspecified atom stereocenters. The van der Waals surface area contributed by atoms with Crippen molar-refractivity contribution in [2.75, 3.05) is 0 Å². The number of rotatable bonds is 3. The van der Waals surface area contributed by atoms with E-state index in [-0.39, 0.29) is 0 Å². The summed E-state index contributed by atoms with van der Waals surface area (Å²) in [6, 6.07) is 19.6. The second-order valence-electron chi connectivity index (χ2n) is 6.00. The van der Waals surface area contributed by atoms with Gasteiger partial charge in [0.1, 0.15) is 10.3 Å². The van der Waals surface area contributed by atoms with E-state index in [1.54, 1.807) is 9.36 Å². The molecule has 2 aromatic carbocycles. The van der Waals surface area contributed by atoms with E-state index in [1.807, 2.05) is 74.5 Å². The van der Waals surface area contributed by atoms with Crippen LogP contribution in [0.3, 0.4) is 0 Å². The van der Waals surface area contributed by atoms with Crippen LogP contribution < -0.4 is 0 Å². The van der Waals surface area contributed by atoms with E-state index in [2.05, 4.69) is 10.2 Å². The summed E-state index contributed by atoms with van der Waals surface area (Å²) in [7, 11) is 0. The smallest absolute Gasteiger partial charge is 0.141 e. The fourth-order valence-corrected chi connectivity index (χ4v) is 3.78. The van der Waals surface area contributed by atoms with Crippen molar-refractivity contribution in [1.82, 2.24) is 19.6 Å². The molecule has 0 atom stereocenters. The highest BCUT2D eigenvalue weighted by molar-refractivity contribution is 6.36. The molecule has 4 rings (SSSR count). The Morgan fingerprint density at radius 3 is 1.31 bits per heavy atom. The van der Waals surface area contributed by atoms with Crippen molar-refractivity contribution in [3.05, 3.63) is 82.4 Å². The molecule has 0 spiro atoms. The van der Waals surface area contributed by atoms with Crippen molar-refractivity contribution >= 4 is 23.2 Å². The van der Waals surface area contributed by atoms with Gasteiger partial charge in [-0.1, -0.05) is 59.6 Å². The van der Waals surface area contributed by atoms with Crippen LogP contribution in [-0.2, 0) is 0 Å². The maximum Gasteiger partial charge on any atom is 0.141 e. The van der Waals surface area contributed by atoms with Gasteiger partial charge in [-0.05, 0) is 38.1 Å². The maximum atomic E-state index is 6.70.